The number of nitriles is 1. The Morgan fingerprint density at radius 1 is 1.03 bits per heavy atom. The maximum atomic E-state index is 13.4. The first-order valence-corrected chi connectivity index (χ1v) is 12.4. The number of amides is 2. The van der Waals surface area contributed by atoms with Crippen LogP contribution >= 0.6 is 11.8 Å². The highest BCUT2D eigenvalue weighted by Crippen LogP contribution is 2.41. The number of nitrogens with zero attached hydrogens (tertiary/aromatic N) is 1. The Balaban J connectivity index is 1.58. The van der Waals surface area contributed by atoms with Gasteiger partial charge in [-0.2, -0.15) is 5.26 Å². The first kappa shape index (κ1) is 24.9. The summed E-state index contributed by atoms with van der Waals surface area (Å²) in [4.78, 5) is 26.0. The summed E-state index contributed by atoms with van der Waals surface area (Å²) in [5.41, 5.74) is 4.72. The van der Waals surface area contributed by atoms with E-state index in [4.69, 9.17) is 4.42 Å². The fraction of sp³-hybridized carbons (Fsp3) is 0.179. The molecule has 0 radical (unpaired) electrons. The number of hydrogen-bond acceptors (Lipinski definition) is 6. The summed E-state index contributed by atoms with van der Waals surface area (Å²) < 4.78 is 5.65. The lowest BCUT2D eigenvalue weighted by Crippen LogP contribution is -2.31. The molecule has 1 aliphatic rings. The molecule has 182 valence electrons. The Labute approximate surface area is 214 Å². The van der Waals surface area contributed by atoms with Gasteiger partial charge in [0.2, 0.25) is 5.91 Å². The van der Waals surface area contributed by atoms with Crippen molar-refractivity contribution >= 4 is 35.0 Å². The molecule has 2 aromatic carbocycles. The predicted molar refractivity (Wildman–Crippen MR) is 142 cm³/mol. The van der Waals surface area contributed by atoms with Crippen LogP contribution in [-0.4, -0.2) is 17.6 Å². The van der Waals surface area contributed by atoms with Crippen LogP contribution in [0.2, 0.25) is 0 Å². The molecule has 0 fully saturated rings. The Hall–Kier alpha value is -4.22. The zero-order chi connectivity index (χ0) is 25.7. The number of rotatable bonds is 7. The van der Waals surface area contributed by atoms with Crippen LogP contribution in [0.3, 0.4) is 0 Å². The van der Waals surface area contributed by atoms with Crippen LogP contribution in [0.5, 0.6) is 0 Å². The van der Waals surface area contributed by atoms with Gasteiger partial charge in [0, 0.05) is 17.1 Å². The van der Waals surface area contributed by atoms with Crippen molar-refractivity contribution in [2.24, 2.45) is 0 Å². The van der Waals surface area contributed by atoms with E-state index in [9.17, 15) is 14.9 Å². The quantitative estimate of drug-likeness (QED) is 0.391. The van der Waals surface area contributed by atoms with Crippen molar-refractivity contribution in [2.75, 3.05) is 16.4 Å². The molecule has 0 saturated carbocycles. The van der Waals surface area contributed by atoms with E-state index in [1.54, 1.807) is 19.1 Å². The number of allylic oxidation sites excluding steroid dienone is 2. The molecule has 2 heterocycles. The highest BCUT2D eigenvalue weighted by atomic mass is 32.2. The molecule has 2 amide bonds. The van der Waals surface area contributed by atoms with Gasteiger partial charge in [-0.15, -0.1) is 0 Å². The standard InChI is InChI=1S/C28H26N4O3S/c1-17-10-12-20(13-11-17)31-24(33)16-36-28-21(15-29)26(23-9-6-14-35-23)25(19(3)30-28)27(34)32-22-8-5-4-7-18(22)2/h4-14,26,30H,16H2,1-3H3,(H,31,33)(H,32,34). The second-order valence-corrected chi connectivity index (χ2v) is 9.42. The molecule has 0 spiro atoms. The van der Waals surface area contributed by atoms with E-state index in [2.05, 4.69) is 22.0 Å². The number of aryl methyl sites for hydroxylation is 2. The molecule has 3 aromatic rings. The third kappa shape index (κ3) is 5.53. The molecule has 1 aromatic heterocycles. The number of carbonyl (C=O) groups is 2. The van der Waals surface area contributed by atoms with Gasteiger partial charge in [0.05, 0.1) is 40.2 Å². The molecule has 1 aliphatic heterocycles. The summed E-state index contributed by atoms with van der Waals surface area (Å²) in [6, 6.07) is 20.7. The van der Waals surface area contributed by atoms with E-state index < -0.39 is 5.92 Å². The number of para-hydroxylation sites is 1. The second-order valence-electron chi connectivity index (χ2n) is 8.44. The zero-order valence-corrected chi connectivity index (χ0v) is 21.0. The lowest BCUT2D eigenvalue weighted by Gasteiger charge is -2.28. The van der Waals surface area contributed by atoms with Gasteiger partial charge in [-0.05, 0) is 56.7 Å². The van der Waals surface area contributed by atoms with Gasteiger partial charge in [-0.3, -0.25) is 9.59 Å². The molecule has 0 bridgehead atoms. The van der Waals surface area contributed by atoms with Gasteiger partial charge < -0.3 is 20.4 Å². The lowest BCUT2D eigenvalue weighted by molar-refractivity contribution is -0.114. The van der Waals surface area contributed by atoms with Crippen LogP contribution in [0.15, 0.2) is 93.2 Å². The van der Waals surface area contributed by atoms with E-state index in [1.165, 1.54) is 18.0 Å². The van der Waals surface area contributed by atoms with Crippen molar-refractivity contribution in [3.05, 3.63) is 106 Å². The summed E-state index contributed by atoms with van der Waals surface area (Å²) in [6.07, 6.45) is 1.51. The molecule has 7 nitrogen and oxygen atoms in total. The summed E-state index contributed by atoms with van der Waals surface area (Å²) in [5, 5.41) is 19.6. The molecule has 0 aliphatic carbocycles. The van der Waals surface area contributed by atoms with Crippen LogP contribution in [0.1, 0.15) is 29.7 Å². The number of benzene rings is 2. The summed E-state index contributed by atoms with van der Waals surface area (Å²) in [5.74, 6) is -0.675. The Bertz CT molecular complexity index is 1380. The van der Waals surface area contributed by atoms with Crippen molar-refractivity contribution in [3.63, 3.8) is 0 Å². The maximum absolute atomic E-state index is 13.4. The van der Waals surface area contributed by atoms with Crippen LogP contribution < -0.4 is 16.0 Å². The fourth-order valence-corrected chi connectivity index (χ4v) is 4.83. The number of furan rings is 1. The molecule has 3 N–H and O–H groups in total. The van der Waals surface area contributed by atoms with Crippen molar-refractivity contribution in [3.8, 4) is 6.07 Å². The monoisotopic (exact) mass is 498 g/mol. The highest BCUT2D eigenvalue weighted by molar-refractivity contribution is 8.03. The van der Waals surface area contributed by atoms with Crippen LogP contribution in [0, 0.1) is 25.2 Å². The number of carbonyl (C=O) groups excluding carboxylic acids is 2. The minimum atomic E-state index is -0.710. The molecule has 1 atom stereocenters. The van der Waals surface area contributed by atoms with E-state index in [1.807, 2.05) is 62.4 Å². The topological polar surface area (TPSA) is 107 Å². The third-order valence-corrected chi connectivity index (χ3v) is 6.81. The van der Waals surface area contributed by atoms with Crippen molar-refractivity contribution in [1.29, 1.82) is 5.26 Å². The third-order valence-electron chi connectivity index (χ3n) is 5.80. The molecular formula is C28H26N4O3S. The Kier molecular flexibility index (Phi) is 7.62. The molecule has 0 saturated heterocycles. The van der Waals surface area contributed by atoms with E-state index in [0.717, 1.165) is 11.1 Å². The highest BCUT2D eigenvalue weighted by Gasteiger charge is 2.36. The van der Waals surface area contributed by atoms with Gasteiger partial charge in [0.15, 0.2) is 0 Å². The van der Waals surface area contributed by atoms with Gasteiger partial charge in [0.1, 0.15) is 5.76 Å². The minimum Gasteiger partial charge on any atom is -0.468 e. The van der Waals surface area contributed by atoms with Gasteiger partial charge in [0.25, 0.3) is 5.91 Å². The van der Waals surface area contributed by atoms with Gasteiger partial charge in [-0.1, -0.05) is 47.7 Å². The Morgan fingerprint density at radius 2 is 1.78 bits per heavy atom. The first-order valence-electron chi connectivity index (χ1n) is 11.4. The zero-order valence-electron chi connectivity index (χ0n) is 20.2. The summed E-state index contributed by atoms with van der Waals surface area (Å²) >= 11 is 1.21. The van der Waals surface area contributed by atoms with E-state index in [0.29, 0.717) is 39.0 Å². The fourth-order valence-electron chi connectivity index (χ4n) is 3.94. The number of anilines is 2. The van der Waals surface area contributed by atoms with E-state index in [-0.39, 0.29) is 17.6 Å². The number of hydrogen-bond donors (Lipinski definition) is 3. The van der Waals surface area contributed by atoms with Crippen LogP contribution in [0.4, 0.5) is 11.4 Å². The number of dihydropyridines is 1. The second kappa shape index (κ2) is 11.0. The lowest BCUT2D eigenvalue weighted by atomic mass is 9.85. The first-order chi connectivity index (χ1) is 17.4. The minimum absolute atomic E-state index is 0.0876. The molecular weight excluding hydrogens is 472 g/mol. The summed E-state index contributed by atoms with van der Waals surface area (Å²) in [7, 11) is 0. The number of nitrogens with one attached hydrogen (secondary N) is 3. The van der Waals surface area contributed by atoms with Crippen molar-refractivity contribution < 1.29 is 14.0 Å². The largest absolute Gasteiger partial charge is 0.468 e. The SMILES string of the molecule is CC1=C(C(=O)Nc2ccccc2C)C(c2ccco2)C(C#N)=C(SCC(=O)Nc2ccc(C)cc2)N1. The van der Waals surface area contributed by atoms with Crippen molar-refractivity contribution in [2.45, 2.75) is 26.7 Å². The van der Waals surface area contributed by atoms with Gasteiger partial charge >= 0.3 is 0 Å². The predicted octanol–water partition coefficient (Wildman–Crippen LogP) is 5.60. The molecule has 4 rings (SSSR count). The summed E-state index contributed by atoms with van der Waals surface area (Å²) in [6.45, 7) is 5.67. The maximum Gasteiger partial charge on any atom is 0.254 e. The van der Waals surface area contributed by atoms with Crippen LogP contribution in [0.25, 0.3) is 0 Å². The van der Waals surface area contributed by atoms with Gasteiger partial charge in [-0.25, -0.2) is 0 Å². The average molecular weight is 499 g/mol. The molecule has 1 unspecified atom stereocenters. The number of thioether (sulfide) groups is 1. The average Bonchev–Trinajstić information content (AvgIpc) is 3.39. The smallest absolute Gasteiger partial charge is 0.254 e. The normalized spacial score (nSPS) is 15.2. The van der Waals surface area contributed by atoms with E-state index >= 15 is 0 Å². The van der Waals surface area contributed by atoms with Crippen molar-refractivity contribution in [1.82, 2.24) is 5.32 Å². The van der Waals surface area contributed by atoms with Crippen LogP contribution in [-0.2, 0) is 9.59 Å². The molecule has 8 heteroatoms. The Morgan fingerprint density at radius 3 is 2.44 bits per heavy atom. The molecule has 36 heavy (non-hydrogen) atoms.